The molecule has 0 radical (unpaired) electrons. The molecular weight excluding hydrogens is 374 g/mol. The second kappa shape index (κ2) is 9.70. The number of hydrogen-bond donors (Lipinski definition) is 0. The van der Waals surface area contributed by atoms with Gasteiger partial charge in [0.2, 0.25) is 0 Å². The van der Waals surface area contributed by atoms with Crippen molar-refractivity contribution in [1.82, 2.24) is 0 Å². The standard InChI is InChI=1S/C19H18ClNO6/c1-25-9-10-27-18-8-5-14(12-19(18)26-2)17(22)7-4-13-3-6-15(20)16(11-13)21(23)24/h3-8,11-12H,9-10H2,1-2H3/b7-4+. The summed E-state index contributed by atoms with van der Waals surface area (Å²) in [6.07, 6.45) is 2.81. The summed E-state index contributed by atoms with van der Waals surface area (Å²) in [6.45, 7) is 0.787. The van der Waals surface area contributed by atoms with Gasteiger partial charge >= 0.3 is 0 Å². The lowest BCUT2D eigenvalue weighted by Crippen LogP contribution is -2.06. The number of rotatable bonds is 9. The van der Waals surface area contributed by atoms with Crippen LogP contribution in [-0.4, -0.2) is 38.1 Å². The Morgan fingerprint density at radius 3 is 2.59 bits per heavy atom. The molecule has 0 spiro atoms. The lowest BCUT2D eigenvalue weighted by molar-refractivity contribution is -0.384. The largest absolute Gasteiger partial charge is 0.493 e. The van der Waals surface area contributed by atoms with E-state index in [0.717, 1.165) is 0 Å². The molecule has 0 saturated carbocycles. The molecule has 0 aromatic heterocycles. The van der Waals surface area contributed by atoms with Crippen molar-refractivity contribution in [2.45, 2.75) is 0 Å². The Hall–Kier alpha value is -2.90. The van der Waals surface area contributed by atoms with Crippen molar-refractivity contribution in [3.8, 4) is 11.5 Å². The fraction of sp³-hybridized carbons (Fsp3) is 0.211. The molecule has 0 aliphatic carbocycles. The summed E-state index contributed by atoms with van der Waals surface area (Å²) < 4.78 is 15.7. The molecule has 2 aromatic carbocycles. The number of carbonyl (C=O) groups excluding carboxylic acids is 1. The van der Waals surface area contributed by atoms with Crippen molar-refractivity contribution in [2.24, 2.45) is 0 Å². The van der Waals surface area contributed by atoms with Crippen molar-refractivity contribution >= 4 is 29.1 Å². The molecule has 0 amide bonds. The van der Waals surface area contributed by atoms with Crippen molar-refractivity contribution in [1.29, 1.82) is 0 Å². The number of ether oxygens (including phenoxy) is 3. The normalized spacial score (nSPS) is 10.8. The van der Waals surface area contributed by atoms with Crippen LogP contribution in [0.15, 0.2) is 42.5 Å². The van der Waals surface area contributed by atoms with E-state index >= 15 is 0 Å². The van der Waals surface area contributed by atoms with Gasteiger partial charge in [0.05, 0.1) is 18.6 Å². The van der Waals surface area contributed by atoms with Crippen LogP contribution in [0.1, 0.15) is 15.9 Å². The second-order valence-electron chi connectivity index (χ2n) is 5.37. The van der Waals surface area contributed by atoms with Crippen molar-refractivity contribution in [3.63, 3.8) is 0 Å². The van der Waals surface area contributed by atoms with E-state index in [1.54, 1.807) is 31.4 Å². The van der Waals surface area contributed by atoms with Gasteiger partial charge in [-0.3, -0.25) is 14.9 Å². The maximum atomic E-state index is 12.4. The van der Waals surface area contributed by atoms with Crippen LogP contribution in [0.25, 0.3) is 6.08 Å². The lowest BCUT2D eigenvalue weighted by atomic mass is 10.1. The number of hydrogen-bond acceptors (Lipinski definition) is 6. The first-order valence-electron chi connectivity index (χ1n) is 7.92. The number of methoxy groups -OCH3 is 2. The van der Waals surface area contributed by atoms with Gasteiger partial charge in [-0.25, -0.2) is 0 Å². The summed E-state index contributed by atoms with van der Waals surface area (Å²) in [5.74, 6) is 0.644. The predicted octanol–water partition coefficient (Wildman–Crippen LogP) is 4.18. The molecule has 0 aliphatic heterocycles. The molecule has 7 nitrogen and oxygen atoms in total. The molecular formula is C19H18ClNO6. The van der Waals surface area contributed by atoms with Gasteiger partial charge in [-0.15, -0.1) is 0 Å². The number of carbonyl (C=O) groups is 1. The first-order valence-corrected chi connectivity index (χ1v) is 8.30. The summed E-state index contributed by atoms with van der Waals surface area (Å²) >= 11 is 5.78. The van der Waals surface area contributed by atoms with Crippen LogP contribution in [0.5, 0.6) is 11.5 Å². The maximum absolute atomic E-state index is 12.4. The highest BCUT2D eigenvalue weighted by Crippen LogP contribution is 2.29. The average molecular weight is 392 g/mol. The van der Waals surface area contributed by atoms with E-state index in [9.17, 15) is 14.9 Å². The minimum atomic E-state index is -0.575. The lowest BCUT2D eigenvalue weighted by Gasteiger charge is -2.11. The first-order chi connectivity index (χ1) is 13.0. The van der Waals surface area contributed by atoms with Crippen LogP contribution < -0.4 is 9.47 Å². The minimum Gasteiger partial charge on any atom is -0.493 e. The zero-order valence-electron chi connectivity index (χ0n) is 14.8. The van der Waals surface area contributed by atoms with Crippen LogP contribution in [-0.2, 0) is 4.74 Å². The van der Waals surface area contributed by atoms with Crippen molar-refractivity contribution in [2.75, 3.05) is 27.4 Å². The van der Waals surface area contributed by atoms with E-state index < -0.39 is 4.92 Å². The van der Waals surface area contributed by atoms with Crippen LogP contribution in [0, 0.1) is 10.1 Å². The Morgan fingerprint density at radius 2 is 1.93 bits per heavy atom. The molecule has 0 atom stereocenters. The van der Waals surface area contributed by atoms with Gasteiger partial charge in [-0.2, -0.15) is 0 Å². The third kappa shape index (κ3) is 5.54. The number of nitro groups is 1. The third-order valence-electron chi connectivity index (χ3n) is 3.59. The molecule has 2 aromatic rings. The number of nitrogens with zero attached hydrogens (tertiary/aromatic N) is 1. The number of allylic oxidation sites excluding steroid dienone is 1. The van der Waals surface area contributed by atoms with Gasteiger partial charge < -0.3 is 14.2 Å². The molecule has 0 bridgehead atoms. The van der Waals surface area contributed by atoms with E-state index in [0.29, 0.717) is 35.8 Å². The van der Waals surface area contributed by atoms with Crippen LogP contribution in [0.4, 0.5) is 5.69 Å². The van der Waals surface area contributed by atoms with Crippen molar-refractivity contribution in [3.05, 3.63) is 68.7 Å². The predicted molar refractivity (Wildman–Crippen MR) is 102 cm³/mol. The molecule has 142 valence electrons. The van der Waals surface area contributed by atoms with Gasteiger partial charge in [0.1, 0.15) is 11.6 Å². The fourth-order valence-electron chi connectivity index (χ4n) is 2.22. The second-order valence-corrected chi connectivity index (χ2v) is 5.78. The van der Waals surface area contributed by atoms with Crippen LogP contribution in [0.2, 0.25) is 5.02 Å². The molecule has 2 rings (SSSR count). The topological polar surface area (TPSA) is 87.9 Å². The number of ketones is 1. The van der Waals surface area contributed by atoms with Gasteiger partial charge in [-0.1, -0.05) is 23.7 Å². The summed E-state index contributed by atoms with van der Waals surface area (Å²) in [5, 5.41) is 11.0. The first kappa shape index (κ1) is 20.4. The average Bonchev–Trinajstić information content (AvgIpc) is 2.67. The molecule has 0 saturated heterocycles. The molecule has 0 unspecified atom stereocenters. The van der Waals surface area contributed by atoms with E-state index in [4.69, 9.17) is 25.8 Å². The zero-order valence-corrected chi connectivity index (χ0v) is 15.6. The zero-order chi connectivity index (χ0) is 19.8. The van der Waals surface area contributed by atoms with Gasteiger partial charge in [0.25, 0.3) is 5.69 Å². The van der Waals surface area contributed by atoms with E-state index in [1.807, 2.05) is 0 Å². The van der Waals surface area contributed by atoms with Gasteiger partial charge in [0.15, 0.2) is 17.3 Å². The van der Waals surface area contributed by atoms with Crippen LogP contribution in [0.3, 0.4) is 0 Å². The Labute approximate surface area is 161 Å². The summed E-state index contributed by atoms with van der Waals surface area (Å²) in [4.78, 5) is 22.7. The van der Waals surface area contributed by atoms with Gasteiger partial charge in [-0.05, 0) is 35.9 Å². The maximum Gasteiger partial charge on any atom is 0.288 e. The number of halogens is 1. The Kier molecular flexibility index (Phi) is 7.34. The minimum absolute atomic E-state index is 0.0391. The Balaban J connectivity index is 2.16. The molecule has 0 N–H and O–H groups in total. The Bertz CT molecular complexity index is 865. The number of benzene rings is 2. The Morgan fingerprint density at radius 1 is 1.15 bits per heavy atom. The third-order valence-corrected chi connectivity index (χ3v) is 3.91. The summed E-state index contributed by atoms with van der Waals surface area (Å²) in [6, 6.07) is 9.13. The monoisotopic (exact) mass is 391 g/mol. The molecule has 27 heavy (non-hydrogen) atoms. The quantitative estimate of drug-likeness (QED) is 0.209. The highest BCUT2D eigenvalue weighted by Gasteiger charge is 2.12. The van der Waals surface area contributed by atoms with Gasteiger partial charge in [0, 0.05) is 18.7 Å². The summed E-state index contributed by atoms with van der Waals surface area (Å²) in [7, 11) is 3.06. The SMILES string of the molecule is COCCOc1ccc(C(=O)/C=C/c2ccc(Cl)c([N+](=O)[O-])c2)cc1OC. The molecule has 0 fully saturated rings. The molecule has 0 aliphatic rings. The van der Waals surface area contributed by atoms with E-state index in [1.165, 1.54) is 31.4 Å². The van der Waals surface area contributed by atoms with E-state index in [-0.39, 0.29) is 16.5 Å². The fourth-order valence-corrected chi connectivity index (χ4v) is 2.40. The highest BCUT2D eigenvalue weighted by atomic mass is 35.5. The smallest absolute Gasteiger partial charge is 0.288 e. The molecule has 8 heteroatoms. The number of nitro benzene ring substituents is 1. The van der Waals surface area contributed by atoms with Crippen molar-refractivity contribution < 1.29 is 23.9 Å². The van der Waals surface area contributed by atoms with E-state index in [2.05, 4.69) is 0 Å². The molecule has 0 heterocycles. The summed E-state index contributed by atoms with van der Waals surface area (Å²) in [5.41, 5.74) is 0.669. The highest BCUT2D eigenvalue weighted by molar-refractivity contribution is 6.32. The van der Waals surface area contributed by atoms with Crippen LogP contribution >= 0.6 is 11.6 Å².